The maximum absolute atomic E-state index is 13.5. The van der Waals surface area contributed by atoms with Gasteiger partial charge in [-0.15, -0.1) is 0 Å². The fraction of sp³-hybridized carbons (Fsp3) is 0.452. The van der Waals surface area contributed by atoms with E-state index in [-0.39, 0.29) is 19.6 Å². The largest absolute Gasteiger partial charge is 0.481 e. The minimum Gasteiger partial charge on any atom is -0.481 e. The van der Waals surface area contributed by atoms with Gasteiger partial charge in [0, 0.05) is 6.54 Å². The Hall–Kier alpha value is -4.45. The summed E-state index contributed by atoms with van der Waals surface area (Å²) in [5.41, 5.74) is 0.591. The molecule has 1 saturated heterocycles. The molecule has 12 heteroatoms. The van der Waals surface area contributed by atoms with Gasteiger partial charge in [-0.2, -0.15) is 0 Å². The van der Waals surface area contributed by atoms with Crippen molar-refractivity contribution in [3.63, 3.8) is 0 Å². The molecule has 1 aliphatic heterocycles. The summed E-state index contributed by atoms with van der Waals surface area (Å²) >= 11 is 0. The monoisotopic (exact) mass is 597 g/mol. The lowest BCUT2D eigenvalue weighted by Gasteiger charge is -2.32. The highest BCUT2D eigenvalue weighted by Crippen LogP contribution is 2.23. The molecule has 0 radical (unpaired) electrons. The first kappa shape index (κ1) is 33.1. The molecule has 0 spiro atoms. The molecule has 4 N–H and O–H groups in total. The Bertz CT molecular complexity index is 1260. The van der Waals surface area contributed by atoms with Gasteiger partial charge in [0.2, 0.25) is 5.91 Å². The van der Waals surface area contributed by atoms with E-state index >= 15 is 0 Å². The summed E-state index contributed by atoms with van der Waals surface area (Å²) in [5, 5.41) is 25.5. The molecule has 0 unspecified atom stereocenters. The third kappa shape index (κ3) is 10.4. The van der Waals surface area contributed by atoms with Crippen molar-refractivity contribution in [3.8, 4) is 0 Å². The molecular formula is C31H39N3O9. The Balaban J connectivity index is 1.76. The van der Waals surface area contributed by atoms with Gasteiger partial charge in [0.1, 0.15) is 24.3 Å². The van der Waals surface area contributed by atoms with Gasteiger partial charge in [0.25, 0.3) is 5.91 Å². The Morgan fingerprint density at radius 3 is 2.14 bits per heavy atom. The molecule has 2 aromatic rings. The number of carbonyl (C=O) groups excluding carboxylic acids is 4. The number of nitrogens with one attached hydrogen (secondary N) is 2. The first-order valence-electron chi connectivity index (χ1n) is 14.1. The van der Waals surface area contributed by atoms with Gasteiger partial charge < -0.3 is 35.2 Å². The van der Waals surface area contributed by atoms with Gasteiger partial charge in [-0.3, -0.25) is 14.4 Å². The first-order valence-corrected chi connectivity index (χ1v) is 14.1. The number of ether oxygens (including phenoxy) is 2. The topological polar surface area (TPSA) is 172 Å². The number of likely N-dealkylation sites (tertiary alicyclic amines) is 1. The molecule has 0 aliphatic carbocycles. The highest BCUT2D eigenvalue weighted by atomic mass is 16.6. The van der Waals surface area contributed by atoms with Crippen molar-refractivity contribution in [1.29, 1.82) is 0 Å². The number of hydrogen-bond acceptors (Lipinski definition) is 8. The van der Waals surface area contributed by atoms with Gasteiger partial charge in [-0.05, 0) is 51.2 Å². The van der Waals surface area contributed by atoms with Gasteiger partial charge >= 0.3 is 18.0 Å². The van der Waals surface area contributed by atoms with Crippen LogP contribution in [-0.2, 0) is 41.7 Å². The predicted octanol–water partition coefficient (Wildman–Crippen LogP) is 2.18. The van der Waals surface area contributed by atoms with E-state index in [4.69, 9.17) is 9.47 Å². The lowest BCUT2D eigenvalue weighted by Crippen LogP contribution is -2.58. The van der Waals surface area contributed by atoms with E-state index < -0.39 is 66.1 Å². The summed E-state index contributed by atoms with van der Waals surface area (Å²) in [6.07, 6.45) is -2.70. The van der Waals surface area contributed by atoms with E-state index in [9.17, 15) is 34.2 Å². The predicted molar refractivity (Wildman–Crippen MR) is 154 cm³/mol. The van der Waals surface area contributed by atoms with Crippen molar-refractivity contribution in [2.75, 3.05) is 6.54 Å². The van der Waals surface area contributed by atoms with E-state index in [0.717, 1.165) is 0 Å². The van der Waals surface area contributed by atoms with E-state index in [1.165, 1.54) is 4.90 Å². The molecule has 12 nitrogen and oxygen atoms in total. The molecule has 3 amide bonds. The van der Waals surface area contributed by atoms with Gasteiger partial charge in [-0.25, -0.2) is 9.59 Å². The summed E-state index contributed by atoms with van der Waals surface area (Å²) in [6.45, 7) is 5.25. The minimum atomic E-state index is -1.79. The van der Waals surface area contributed by atoms with Crippen LogP contribution >= 0.6 is 0 Å². The van der Waals surface area contributed by atoms with Crippen LogP contribution in [0, 0.1) is 0 Å². The maximum atomic E-state index is 13.5. The van der Waals surface area contributed by atoms with Gasteiger partial charge in [-0.1, -0.05) is 60.7 Å². The molecule has 3 rings (SSSR count). The number of carbonyl (C=O) groups is 5. The molecular weight excluding hydrogens is 558 g/mol. The summed E-state index contributed by atoms with van der Waals surface area (Å²) in [6, 6.07) is 13.8. The van der Waals surface area contributed by atoms with Crippen LogP contribution in [-0.4, -0.2) is 81.3 Å². The van der Waals surface area contributed by atoms with Crippen molar-refractivity contribution in [2.24, 2.45) is 0 Å². The van der Waals surface area contributed by atoms with Crippen LogP contribution in [0.3, 0.4) is 0 Å². The van der Waals surface area contributed by atoms with Gasteiger partial charge in [0.15, 0.2) is 6.10 Å². The normalized spacial score (nSPS) is 16.8. The highest BCUT2D eigenvalue weighted by molar-refractivity contribution is 5.91. The standard InChI is InChI=1S/C31H39N3O9/c1-31(2,3)43-29(40)24-15-10-16-34(24)28(39)26(37)22(17-20-11-6-4-7-12-20)32-27(38)23(18-25(35)36)33-30(41)42-19-21-13-8-5-9-14-21/h4-9,11-14,22-24,26,37H,10,15-19H2,1-3H3,(H,32,38)(H,33,41)(H,35,36)/t22-,23-,24-,26-/m0/s1. The summed E-state index contributed by atoms with van der Waals surface area (Å²) < 4.78 is 10.6. The average Bonchev–Trinajstić information content (AvgIpc) is 3.45. The molecule has 1 aliphatic rings. The molecule has 0 bridgehead atoms. The Kier molecular flexibility index (Phi) is 11.6. The number of alkyl carbamates (subject to hydrolysis) is 1. The number of amides is 3. The van der Waals surface area contributed by atoms with E-state index in [1.807, 2.05) is 0 Å². The number of carboxylic acid groups (broad SMARTS) is 1. The van der Waals surface area contributed by atoms with Crippen LogP contribution < -0.4 is 10.6 Å². The van der Waals surface area contributed by atoms with E-state index in [1.54, 1.807) is 81.4 Å². The molecule has 43 heavy (non-hydrogen) atoms. The Labute approximate surface area is 250 Å². The average molecular weight is 598 g/mol. The summed E-state index contributed by atoms with van der Waals surface area (Å²) in [7, 11) is 0. The number of esters is 1. The molecule has 1 heterocycles. The van der Waals surface area contributed by atoms with Crippen LogP contribution in [0.25, 0.3) is 0 Å². The molecule has 232 valence electrons. The summed E-state index contributed by atoms with van der Waals surface area (Å²) in [5.74, 6) is -3.66. The zero-order valence-corrected chi connectivity index (χ0v) is 24.5. The fourth-order valence-electron chi connectivity index (χ4n) is 4.67. The third-order valence-electron chi connectivity index (χ3n) is 6.68. The molecule has 1 fully saturated rings. The van der Waals surface area contributed by atoms with E-state index in [0.29, 0.717) is 24.0 Å². The minimum absolute atomic E-state index is 0.00265. The van der Waals surface area contributed by atoms with Crippen LogP contribution in [0.5, 0.6) is 0 Å². The highest BCUT2D eigenvalue weighted by Gasteiger charge is 2.41. The van der Waals surface area contributed by atoms with Crippen LogP contribution in [0.1, 0.15) is 51.2 Å². The maximum Gasteiger partial charge on any atom is 0.408 e. The Morgan fingerprint density at radius 1 is 0.953 bits per heavy atom. The van der Waals surface area contributed by atoms with Crippen LogP contribution in [0.4, 0.5) is 4.79 Å². The number of nitrogens with zero attached hydrogens (tertiary/aromatic N) is 1. The Morgan fingerprint density at radius 2 is 1.56 bits per heavy atom. The fourth-order valence-corrected chi connectivity index (χ4v) is 4.67. The SMILES string of the molecule is CC(C)(C)OC(=O)[C@@H]1CCCN1C(=O)[C@@H](O)[C@H](Cc1ccccc1)NC(=O)[C@H](CC(=O)O)NC(=O)OCc1ccccc1. The number of benzene rings is 2. The second-order valence-electron chi connectivity index (χ2n) is 11.3. The van der Waals surface area contributed by atoms with Crippen molar-refractivity contribution >= 4 is 29.8 Å². The molecule has 0 saturated carbocycles. The number of aliphatic carboxylic acids is 1. The van der Waals surface area contributed by atoms with Crippen molar-refractivity contribution < 1.29 is 43.7 Å². The summed E-state index contributed by atoms with van der Waals surface area (Å²) in [4.78, 5) is 64.9. The van der Waals surface area contributed by atoms with Crippen molar-refractivity contribution in [2.45, 2.75) is 82.9 Å². The van der Waals surface area contributed by atoms with Crippen LogP contribution in [0.15, 0.2) is 60.7 Å². The van der Waals surface area contributed by atoms with E-state index in [2.05, 4.69) is 10.6 Å². The second kappa shape index (κ2) is 15.1. The molecule has 2 aromatic carbocycles. The number of hydrogen-bond donors (Lipinski definition) is 4. The number of carboxylic acids is 1. The van der Waals surface area contributed by atoms with Gasteiger partial charge in [0.05, 0.1) is 12.5 Å². The second-order valence-corrected chi connectivity index (χ2v) is 11.3. The molecule has 4 atom stereocenters. The zero-order valence-electron chi connectivity index (χ0n) is 24.5. The quantitative estimate of drug-likeness (QED) is 0.268. The first-order chi connectivity index (χ1) is 20.3. The van der Waals surface area contributed by atoms with Crippen molar-refractivity contribution in [3.05, 3.63) is 71.8 Å². The third-order valence-corrected chi connectivity index (χ3v) is 6.68. The number of rotatable bonds is 12. The lowest BCUT2D eigenvalue weighted by atomic mass is 9.99. The zero-order chi connectivity index (χ0) is 31.6. The number of aliphatic hydroxyl groups excluding tert-OH is 1. The van der Waals surface area contributed by atoms with Crippen molar-refractivity contribution in [1.82, 2.24) is 15.5 Å². The smallest absolute Gasteiger partial charge is 0.408 e. The number of aliphatic hydroxyl groups is 1. The molecule has 0 aromatic heterocycles. The van der Waals surface area contributed by atoms with Crippen LogP contribution in [0.2, 0.25) is 0 Å². The lowest BCUT2D eigenvalue weighted by molar-refractivity contribution is -0.165.